The minimum atomic E-state index is -5.92. The highest BCUT2D eigenvalue weighted by Crippen LogP contribution is 2.66. The van der Waals surface area contributed by atoms with Crippen molar-refractivity contribution in [2.75, 3.05) is 64.7 Å². The number of phosphoric ester groups is 1. The van der Waals surface area contributed by atoms with Gasteiger partial charge in [0.1, 0.15) is 36.6 Å². The number of esters is 3. The van der Waals surface area contributed by atoms with Crippen LogP contribution in [0, 0.1) is 11.8 Å². The fraction of sp³-hybridized carbons (Fsp3) is 0.476. The molecule has 0 bridgehead atoms. The van der Waals surface area contributed by atoms with Crippen LogP contribution in [0.4, 0.5) is 5.82 Å². The van der Waals surface area contributed by atoms with Crippen molar-refractivity contribution >= 4 is 74.7 Å². The van der Waals surface area contributed by atoms with Crippen LogP contribution in [-0.4, -0.2) is 124 Å². The molecule has 0 spiro atoms. The molecule has 5 unspecified atom stereocenters. The number of ether oxygens (including phenoxy) is 6. The number of anilines is 1. The van der Waals surface area contributed by atoms with Gasteiger partial charge in [0.25, 0.3) is 0 Å². The molecule has 4 rings (SSSR count). The summed E-state index contributed by atoms with van der Waals surface area (Å²) in [5.74, 6) is 2.41. The minimum absolute atomic E-state index is 0.0273. The van der Waals surface area contributed by atoms with Crippen molar-refractivity contribution in [1.82, 2.24) is 14.9 Å². The van der Waals surface area contributed by atoms with Crippen molar-refractivity contribution in [2.45, 2.75) is 69.3 Å². The van der Waals surface area contributed by atoms with E-state index in [9.17, 15) is 47.5 Å². The molecule has 1 fully saturated rings. The smallest absolute Gasteiger partial charge is 0.462 e. The molecule has 416 valence electrons. The molecule has 2 aromatic carbocycles. The number of hydrogen-bond donors (Lipinski definition) is 7. The van der Waals surface area contributed by atoms with E-state index in [1.165, 1.54) is 52.8 Å². The Hall–Kier alpha value is -5.18. The lowest BCUT2D eigenvalue weighted by atomic mass is 10.0. The normalized spacial score (nSPS) is 17.6. The molecule has 2 heterocycles. The van der Waals surface area contributed by atoms with Crippen LogP contribution in [0.15, 0.2) is 58.6 Å². The first-order valence-corrected chi connectivity index (χ1v) is 29.6. The number of unbranched alkanes of at least 4 members (excludes halogenated alkanes) is 1. The first-order valence-electron chi connectivity index (χ1n) is 22.4. The number of aromatic nitrogens is 2. The van der Waals surface area contributed by atoms with Gasteiger partial charge in [-0.15, -0.1) is 0 Å². The van der Waals surface area contributed by atoms with Crippen LogP contribution in [0.1, 0.15) is 94.5 Å². The summed E-state index contributed by atoms with van der Waals surface area (Å²) in [6.45, 7) is 2.89. The molecule has 76 heavy (non-hydrogen) atoms. The van der Waals surface area contributed by atoms with E-state index in [2.05, 4.69) is 40.8 Å². The third-order valence-electron chi connectivity index (χ3n) is 10.0. The summed E-state index contributed by atoms with van der Waals surface area (Å²) in [4.78, 5) is 109. The quantitative estimate of drug-likeness (QED) is 0.00555. The Morgan fingerprint density at radius 2 is 1.72 bits per heavy atom. The highest BCUT2D eigenvalue weighted by molar-refractivity contribution is 8.76. The number of benzene rings is 2. The monoisotopic (exact) mass is 1160 g/mol. The van der Waals surface area contributed by atoms with Crippen LogP contribution in [0.3, 0.4) is 0 Å². The third kappa shape index (κ3) is 21.3. The fourth-order valence-electron chi connectivity index (χ4n) is 6.73. The Morgan fingerprint density at radius 3 is 2.43 bits per heavy atom. The Bertz CT molecular complexity index is 2840. The van der Waals surface area contributed by atoms with E-state index >= 15 is 0 Å². The maximum absolute atomic E-state index is 13.6. The maximum atomic E-state index is 13.6. The molecule has 0 saturated carbocycles. The number of nitrogens with zero attached hydrogens (tertiary/aromatic N) is 5. The molecule has 34 heteroatoms. The van der Waals surface area contributed by atoms with Crippen molar-refractivity contribution in [2.24, 2.45) is 10.8 Å². The lowest BCUT2D eigenvalue weighted by Gasteiger charge is -2.21. The number of amides is 1. The zero-order valence-corrected chi connectivity index (χ0v) is 45.1. The van der Waals surface area contributed by atoms with Crippen molar-refractivity contribution in [3.8, 4) is 17.6 Å². The summed E-state index contributed by atoms with van der Waals surface area (Å²) in [6, 6.07) is 9.72. The molecule has 1 saturated heterocycles. The van der Waals surface area contributed by atoms with Crippen LogP contribution in [0.5, 0.6) is 5.75 Å². The molecule has 29 nitrogen and oxygen atoms in total. The van der Waals surface area contributed by atoms with Crippen LogP contribution >= 0.6 is 45.1 Å². The van der Waals surface area contributed by atoms with Crippen LogP contribution in [-0.2, 0) is 60.1 Å². The summed E-state index contributed by atoms with van der Waals surface area (Å²) < 4.78 is 81.7. The molecule has 1 aromatic heterocycles. The lowest BCUT2D eigenvalue weighted by Crippen LogP contribution is -2.31. The van der Waals surface area contributed by atoms with E-state index in [-0.39, 0.29) is 84.9 Å². The van der Waals surface area contributed by atoms with Crippen molar-refractivity contribution in [1.29, 1.82) is 0 Å². The number of carbonyl (C=O) groups is 4. The van der Waals surface area contributed by atoms with Crippen molar-refractivity contribution < 1.29 is 94.0 Å². The van der Waals surface area contributed by atoms with Gasteiger partial charge in [0.2, 0.25) is 5.91 Å². The van der Waals surface area contributed by atoms with Gasteiger partial charge in [0.05, 0.1) is 62.3 Å². The Morgan fingerprint density at radius 1 is 0.987 bits per heavy atom. The van der Waals surface area contributed by atoms with E-state index in [0.717, 1.165) is 10.8 Å². The highest BCUT2D eigenvalue weighted by atomic mass is 33.1. The zero-order valence-electron chi connectivity index (χ0n) is 40.8. The Labute approximate surface area is 441 Å². The van der Waals surface area contributed by atoms with Crippen LogP contribution in [0.25, 0.3) is 10.4 Å². The van der Waals surface area contributed by atoms with Gasteiger partial charge < -0.3 is 64.8 Å². The second-order valence-corrected chi connectivity index (χ2v) is 22.9. The molecule has 7 atom stereocenters. The fourth-order valence-corrected chi connectivity index (χ4v) is 11.5. The predicted octanol–water partition coefficient (Wildman–Crippen LogP) is 4.52. The molecule has 0 aliphatic carbocycles. The first kappa shape index (κ1) is 63.4. The molecule has 1 amide bonds. The number of azide groups is 1. The van der Waals surface area contributed by atoms with Crippen molar-refractivity contribution in [3.63, 3.8) is 0 Å². The number of carbonyl (C=O) groups excluding carboxylic acids is 4. The van der Waals surface area contributed by atoms with E-state index in [0.29, 0.717) is 31.6 Å². The number of nitrogen functional groups attached to an aromatic ring is 1. The SMILES string of the molecule is CSSC(C)c1ccc(OC(=O)COCCOCCN)cc1C(=O)OCCCCC(=O)NCC#Cc1cn([C@H]2CC(OC(=O)c3ccccc3C(C)N=[N+]=[N-])[C@@H](COP(=O)(O)OP(=O)(O)OP(=O)(O)O)O2)c(=O)nc1N. The average molecular weight is 1160 g/mol. The van der Waals surface area contributed by atoms with Crippen molar-refractivity contribution in [3.05, 3.63) is 97.4 Å². The van der Waals surface area contributed by atoms with Gasteiger partial charge in [-0.25, -0.2) is 32.9 Å². The molecule has 0 radical (unpaired) electrons. The molecular formula is C42H55N8O21P3S2. The summed E-state index contributed by atoms with van der Waals surface area (Å²) >= 11 is 0. The van der Waals surface area contributed by atoms with Crippen LogP contribution in [0.2, 0.25) is 0 Å². The van der Waals surface area contributed by atoms with Gasteiger partial charge in [-0.2, -0.15) is 13.6 Å². The van der Waals surface area contributed by atoms with E-state index in [1.807, 2.05) is 13.2 Å². The number of nitrogens with one attached hydrogen (secondary N) is 1. The standard InChI is InChI=1S/C42H55N8O21P3S2/c1-26(48-49-45)30-10-4-5-11-32(30)41(54)69-34-22-37(68-35(34)24-66-73(59,60)71-74(61,62)70-72(56,57)58)50-23-28(39(44)47-42(50)55)9-8-16-46-36(51)12-6-7-17-65-40(53)33-21-29(13-14-31(33)27(2)76-75-3)67-38(52)25-64-20-19-63-18-15-43/h4-5,10-11,13-14,21,23,26-27,34-35,37H,6-7,12,15-20,22,24-25,43H2,1-3H3,(H,46,51)(H,59,60)(H,61,62)(H2,44,47,55)(H2,56,57,58)/t26?,27?,34?,35-,37-/m1/s1. The number of rotatable bonds is 30. The van der Waals surface area contributed by atoms with Gasteiger partial charge in [-0.05, 0) is 60.9 Å². The number of nitrogens with two attached hydrogens (primary N) is 2. The Kier molecular flexibility index (Phi) is 25.6. The van der Waals surface area contributed by atoms with E-state index in [1.54, 1.807) is 18.2 Å². The lowest BCUT2D eigenvalue weighted by molar-refractivity contribution is -0.140. The summed E-state index contributed by atoms with van der Waals surface area (Å²) in [5, 5.41) is 6.08. The first-order chi connectivity index (χ1) is 36.0. The molecule has 1 aliphatic heterocycles. The van der Waals surface area contributed by atoms with Gasteiger partial charge in [0, 0.05) is 35.7 Å². The topological polar surface area (TPSA) is 431 Å². The van der Waals surface area contributed by atoms with Gasteiger partial charge in [-0.1, -0.05) is 69.7 Å². The predicted molar refractivity (Wildman–Crippen MR) is 271 cm³/mol. The summed E-state index contributed by atoms with van der Waals surface area (Å²) in [5.41, 5.74) is 20.3. The molecule has 1 aliphatic rings. The molecule has 3 aromatic rings. The number of hydrogen-bond acceptors (Lipinski definition) is 23. The number of phosphoric acid groups is 3. The molecular weight excluding hydrogens is 1110 g/mol. The third-order valence-corrected chi connectivity index (χ3v) is 16.0. The van der Waals surface area contributed by atoms with Gasteiger partial charge in [0.15, 0.2) is 0 Å². The van der Waals surface area contributed by atoms with Crippen LogP contribution < -0.4 is 27.2 Å². The minimum Gasteiger partial charge on any atom is -0.462 e. The maximum Gasteiger partial charge on any atom is 0.490 e. The van der Waals surface area contributed by atoms with E-state index in [4.69, 9.17) is 59.7 Å². The summed E-state index contributed by atoms with van der Waals surface area (Å²) in [7, 11) is -14.3. The summed E-state index contributed by atoms with van der Waals surface area (Å²) in [6.07, 6.45) is -1.11. The Balaban J connectivity index is 1.37. The zero-order chi connectivity index (χ0) is 56.1. The van der Waals surface area contributed by atoms with Gasteiger partial charge in [-0.3, -0.25) is 13.9 Å². The van der Waals surface area contributed by atoms with E-state index < -0.39 is 84.1 Å². The van der Waals surface area contributed by atoms with Gasteiger partial charge >= 0.3 is 47.1 Å². The second kappa shape index (κ2) is 30.7. The highest BCUT2D eigenvalue weighted by Gasteiger charge is 2.45. The average Bonchev–Trinajstić information content (AvgIpc) is 3.74. The molecule has 9 N–H and O–H groups in total. The second-order valence-electron chi connectivity index (χ2n) is 15.6. The largest absolute Gasteiger partial charge is 0.490 e.